The Morgan fingerprint density at radius 1 is 0.621 bits per heavy atom. The minimum atomic E-state index is -8.17. The lowest BCUT2D eigenvalue weighted by Crippen LogP contribution is -2.66. The number of hydrogen-bond donors (Lipinski definition) is 2. The molecule has 2 aromatic rings. The molecule has 4 nitrogen and oxygen atoms in total. The van der Waals surface area contributed by atoms with Crippen LogP contribution in [0.25, 0.3) is 0 Å². The molecule has 0 aliphatic carbocycles. The van der Waals surface area contributed by atoms with Gasteiger partial charge in [-0.2, -0.15) is 108 Å². The molecule has 28 heteroatoms. The van der Waals surface area contributed by atoms with E-state index in [1.54, 1.807) is 6.26 Å². The fourth-order valence-electron chi connectivity index (χ4n) is 4.67. The van der Waals surface area contributed by atoms with E-state index in [-0.39, 0.29) is 9.32 Å². The number of halogens is 23. The van der Waals surface area contributed by atoms with Gasteiger partial charge >= 0.3 is 59.7 Å². The molecule has 0 aliphatic rings. The Morgan fingerprint density at radius 3 is 1.53 bits per heavy atom. The Bertz CT molecular complexity index is 1860. The first-order valence-corrected chi connectivity index (χ1v) is 17.2. The Hall–Kier alpha value is -3.08. The van der Waals surface area contributed by atoms with Crippen molar-refractivity contribution in [2.24, 2.45) is 0 Å². The van der Waals surface area contributed by atoms with Crippen molar-refractivity contribution in [2.45, 2.75) is 85.5 Å². The number of thioether (sulfide) groups is 1. The van der Waals surface area contributed by atoms with Crippen molar-refractivity contribution in [2.75, 3.05) is 17.3 Å². The fraction of sp³-hybridized carbons (Fsp3) is 0.533. The number of rotatable bonds is 15. The van der Waals surface area contributed by atoms with Crippen molar-refractivity contribution < 1.29 is 106 Å². The summed E-state index contributed by atoms with van der Waals surface area (Å²) in [6, 6.07) is 0.615. The summed E-state index contributed by atoms with van der Waals surface area (Å²) in [6.45, 7) is 2.93. The Kier molecular flexibility index (Phi) is 13.9. The molecule has 0 spiro atoms. The topological polar surface area (TPSA) is 58.2 Å². The van der Waals surface area contributed by atoms with Crippen LogP contribution in [0.1, 0.15) is 45.7 Å². The summed E-state index contributed by atoms with van der Waals surface area (Å²) < 4.78 is 303. The van der Waals surface area contributed by atoms with Gasteiger partial charge in [0.15, 0.2) is 0 Å². The van der Waals surface area contributed by atoms with Crippen LogP contribution in [-0.4, -0.2) is 83.2 Å². The highest BCUT2D eigenvalue weighted by molar-refractivity contribution is 14.1. The molecule has 330 valence electrons. The first kappa shape index (κ1) is 51.1. The first-order valence-electron chi connectivity index (χ1n) is 14.7. The Balaban J connectivity index is 2.93. The SMILES string of the molecule is CSCC(C)(C)NC(=O)c1c(I)cccc1C(=O)Nc1ccc(C(F)(F)C(F)(F)C(F)(F)C(F)(F)C(F)(F)F)cc1CC(F)(F)C(F)(F)C(F)(F)C(F)(F)C(F)(F)F. The van der Waals surface area contributed by atoms with Crippen molar-refractivity contribution >= 4 is 51.9 Å². The van der Waals surface area contributed by atoms with Gasteiger partial charge in [-0.25, -0.2) is 0 Å². The smallest absolute Gasteiger partial charge is 0.346 e. The van der Waals surface area contributed by atoms with Crippen LogP contribution in [0.5, 0.6) is 0 Å². The van der Waals surface area contributed by atoms with Crippen LogP contribution in [0.2, 0.25) is 0 Å². The molecule has 2 N–H and O–H groups in total. The van der Waals surface area contributed by atoms with Gasteiger partial charge in [-0.3, -0.25) is 9.59 Å². The second kappa shape index (κ2) is 15.7. The number of anilines is 1. The maximum absolute atomic E-state index is 15.0. The summed E-state index contributed by atoms with van der Waals surface area (Å²) in [5.74, 6) is -65.2. The summed E-state index contributed by atoms with van der Waals surface area (Å²) in [4.78, 5) is 26.5. The van der Waals surface area contributed by atoms with Crippen LogP contribution >= 0.6 is 34.4 Å². The molecule has 0 fully saturated rings. The lowest BCUT2D eigenvalue weighted by atomic mass is 9.89. The molecule has 0 radical (unpaired) electrons. The third kappa shape index (κ3) is 8.72. The minimum Gasteiger partial charge on any atom is -0.346 e. The van der Waals surface area contributed by atoms with Crippen molar-refractivity contribution in [1.29, 1.82) is 0 Å². The lowest BCUT2D eigenvalue weighted by molar-refractivity contribution is -0.424. The van der Waals surface area contributed by atoms with Gasteiger partial charge in [0.05, 0.1) is 11.1 Å². The third-order valence-corrected chi connectivity index (χ3v) is 9.62. The zero-order valence-corrected chi connectivity index (χ0v) is 31.3. The van der Waals surface area contributed by atoms with Crippen LogP contribution in [0.4, 0.5) is 102 Å². The van der Waals surface area contributed by atoms with Gasteiger partial charge in [-0.1, -0.05) is 12.1 Å². The average molecular weight is 1020 g/mol. The molecular weight excluding hydrogens is 997 g/mol. The highest BCUT2D eigenvalue weighted by Crippen LogP contribution is 2.61. The number of benzene rings is 2. The molecule has 58 heavy (non-hydrogen) atoms. The standard InChI is InChI=1S/C30H21F22IN2O2S/c1-20(2,11-58-3)55-19(57)17-14(5-4-6-15(17)53)18(56)54-16-8-7-13(22(33,34)24(37,38)26(41,42)28(45,46)30(50,51)52)9-12(16)10-21(31,32)23(35,36)25(39,40)27(43,44)29(47,48)49/h4-9H,10-11H2,1-3H3,(H,54,56)(H,55,57). The Morgan fingerprint density at radius 2 is 1.09 bits per heavy atom. The van der Waals surface area contributed by atoms with Gasteiger partial charge in [-0.05, 0) is 72.5 Å². The molecule has 0 unspecified atom stereocenters. The molecule has 2 amide bonds. The largest absolute Gasteiger partial charge is 0.460 e. The summed E-state index contributed by atoms with van der Waals surface area (Å²) >= 11 is 2.65. The molecule has 2 aromatic carbocycles. The maximum atomic E-state index is 15.0. The average Bonchev–Trinajstić information content (AvgIpc) is 3.03. The zero-order chi connectivity index (χ0) is 45.9. The summed E-state index contributed by atoms with van der Waals surface area (Å²) in [6.07, 6.45) is -17.4. The maximum Gasteiger partial charge on any atom is 0.460 e. The second-order valence-electron chi connectivity index (χ2n) is 12.7. The number of carbonyl (C=O) groups is 2. The molecule has 0 aliphatic heterocycles. The highest BCUT2D eigenvalue weighted by Gasteiger charge is 2.88. The van der Waals surface area contributed by atoms with Crippen molar-refractivity contribution in [1.82, 2.24) is 5.32 Å². The van der Waals surface area contributed by atoms with Crippen LogP contribution in [0, 0.1) is 3.57 Å². The van der Waals surface area contributed by atoms with Gasteiger partial charge in [-0.15, -0.1) is 0 Å². The second-order valence-corrected chi connectivity index (χ2v) is 14.7. The van der Waals surface area contributed by atoms with Gasteiger partial charge in [0.2, 0.25) is 0 Å². The van der Waals surface area contributed by atoms with Gasteiger partial charge < -0.3 is 10.6 Å². The molecule has 0 saturated carbocycles. The number of carbonyl (C=O) groups excluding carboxylic acids is 2. The van der Waals surface area contributed by atoms with E-state index in [0.717, 1.165) is 18.2 Å². The Labute approximate surface area is 328 Å². The van der Waals surface area contributed by atoms with Crippen molar-refractivity contribution in [3.8, 4) is 0 Å². The van der Waals surface area contributed by atoms with Crippen LogP contribution in [0.15, 0.2) is 36.4 Å². The van der Waals surface area contributed by atoms with Crippen LogP contribution in [-0.2, 0) is 12.3 Å². The molecule has 0 atom stereocenters. The fourth-order valence-corrected chi connectivity index (χ4v) is 6.20. The molecule has 0 aromatic heterocycles. The van der Waals surface area contributed by atoms with E-state index in [4.69, 9.17) is 0 Å². The number of alkyl halides is 22. The van der Waals surface area contributed by atoms with E-state index < -0.39 is 130 Å². The normalized spacial score (nSPS) is 14.7. The van der Waals surface area contributed by atoms with Gasteiger partial charge in [0.1, 0.15) is 0 Å². The minimum absolute atomic E-state index is 0.115. The first-order chi connectivity index (χ1) is 25.5. The molecule has 0 saturated heterocycles. The summed E-state index contributed by atoms with van der Waals surface area (Å²) in [5.41, 5.74) is -9.85. The number of hydrogen-bond acceptors (Lipinski definition) is 3. The quantitative estimate of drug-likeness (QED) is 0.138. The van der Waals surface area contributed by atoms with E-state index in [1.807, 2.05) is 0 Å². The summed E-state index contributed by atoms with van der Waals surface area (Å²) in [5, 5.41) is 3.89. The highest BCUT2D eigenvalue weighted by atomic mass is 127. The van der Waals surface area contributed by atoms with Gasteiger partial charge in [0.25, 0.3) is 11.8 Å². The van der Waals surface area contributed by atoms with Crippen LogP contribution < -0.4 is 10.6 Å². The van der Waals surface area contributed by atoms with Crippen LogP contribution in [0.3, 0.4) is 0 Å². The van der Waals surface area contributed by atoms with E-state index >= 15 is 0 Å². The zero-order valence-electron chi connectivity index (χ0n) is 28.3. The van der Waals surface area contributed by atoms with Gasteiger partial charge in [0, 0.05) is 32.5 Å². The van der Waals surface area contributed by atoms with E-state index in [2.05, 4.69) is 5.32 Å². The predicted octanol–water partition coefficient (Wildman–Crippen LogP) is 11.6. The monoisotopic (exact) mass is 1020 g/mol. The lowest BCUT2D eigenvalue weighted by Gasteiger charge is -2.38. The number of amides is 2. The molecular formula is C30H21F22IN2O2S. The van der Waals surface area contributed by atoms with E-state index in [0.29, 0.717) is 0 Å². The predicted molar refractivity (Wildman–Crippen MR) is 168 cm³/mol. The van der Waals surface area contributed by atoms with Crippen molar-refractivity contribution in [3.63, 3.8) is 0 Å². The molecule has 0 bridgehead atoms. The summed E-state index contributed by atoms with van der Waals surface area (Å²) in [7, 11) is 0. The molecule has 0 heterocycles. The third-order valence-electron chi connectivity index (χ3n) is 7.71. The van der Waals surface area contributed by atoms with E-state index in [9.17, 15) is 106 Å². The molecule has 2 rings (SSSR count). The van der Waals surface area contributed by atoms with Crippen molar-refractivity contribution in [3.05, 3.63) is 62.2 Å². The number of nitrogens with one attached hydrogen (secondary N) is 2. The van der Waals surface area contributed by atoms with E-state index in [1.165, 1.54) is 53.5 Å².